The quantitative estimate of drug-likeness (QED) is 0.809. The standard InChI is InChI=1S/C11H13BrClNO4S/c1-6(4-7-2-3-7)14-11(15)8-5-9(10(12)18-8)19(13,16)17/h5-7H,2-4H2,1H3,(H,14,15). The molecule has 1 aliphatic carbocycles. The molecule has 2 rings (SSSR count). The number of hydrogen-bond donors (Lipinski definition) is 1. The third kappa shape index (κ3) is 3.97. The number of carbonyl (C=O) groups is 1. The van der Waals surface area contributed by atoms with E-state index in [2.05, 4.69) is 21.2 Å². The summed E-state index contributed by atoms with van der Waals surface area (Å²) in [6.07, 6.45) is 3.34. The molecule has 0 bridgehead atoms. The van der Waals surface area contributed by atoms with Gasteiger partial charge in [-0.2, -0.15) is 0 Å². The van der Waals surface area contributed by atoms with Crippen LogP contribution in [0.5, 0.6) is 0 Å². The normalized spacial score (nSPS) is 17.2. The molecule has 1 heterocycles. The first-order valence-corrected chi connectivity index (χ1v) is 8.92. The lowest BCUT2D eigenvalue weighted by atomic mass is 10.1. The lowest BCUT2D eigenvalue weighted by molar-refractivity contribution is 0.0908. The Balaban J connectivity index is 2.06. The van der Waals surface area contributed by atoms with Crippen LogP contribution in [0, 0.1) is 5.92 Å². The summed E-state index contributed by atoms with van der Waals surface area (Å²) in [4.78, 5) is 11.6. The van der Waals surface area contributed by atoms with E-state index in [1.165, 1.54) is 12.8 Å². The summed E-state index contributed by atoms with van der Waals surface area (Å²) < 4.78 is 27.4. The Labute approximate surface area is 124 Å². The molecular weight excluding hydrogens is 358 g/mol. The van der Waals surface area contributed by atoms with E-state index in [1.807, 2.05) is 6.92 Å². The molecule has 1 unspecified atom stereocenters. The molecule has 0 aromatic carbocycles. The zero-order chi connectivity index (χ0) is 14.2. The van der Waals surface area contributed by atoms with Crippen molar-refractivity contribution in [2.45, 2.75) is 37.1 Å². The van der Waals surface area contributed by atoms with Gasteiger partial charge < -0.3 is 9.73 Å². The Bertz CT molecular complexity index is 594. The van der Waals surface area contributed by atoms with E-state index in [4.69, 9.17) is 15.1 Å². The van der Waals surface area contributed by atoms with Crippen LogP contribution >= 0.6 is 26.6 Å². The van der Waals surface area contributed by atoms with Crippen LogP contribution in [-0.4, -0.2) is 20.4 Å². The lowest BCUT2D eigenvalue weighted by Crippen LogP contribution is -2.32. The smallest absolute Gasteiger partial charge is 0.287 e. The fourth-order valence-electron chi connectivity index (χ4n) is 1.84. The van der Waals surface area contributed by atoms with Gasteiger partial charge in [-0.05, 0) is 35.2 Å². The Kier molecular flexibility index (Phi) is 4.27. The van der Waals surface area contributed by atoms with Crippen molar-refractivity contribution in [2.24, 2.45) is 5.92 Å². The average molecular weight is 371 g/mol. The van der Waals surface area contributed by atoms with Gasteiger partial charge in [0.2, 0.25) is 0 Å². The number of rotatable bonds is 5. The van der Waals surface area contributed by atoms with Crippen LogP contribution in [-0.2, 0) is 9.05 Å². The number of halogens is 2. The molecule has 8 heteroatoms. The van der Waals surface area contributed by atoms with E-state index >= 15 is 0 Å². The van der Waals surface area contributed by atoms with E-state index in [-0.39, 0.29) is 21.4 Å². The summed E-state index contributed by atoms with van der Waals surface area (Å²) in [6, 6.07) is 1.14. The average Bonchev–Trinajstić information content (AvgIpc) is 2.96. The van der Waals surface area contributed by atoms with Gasteiger partial charge >= 0.3 is 0 Å². The topological polar surface area (TPSA) is 76.4 Å². The second-order valence-corrected chi connectivity index (χ2v) is 7.99. The SMILES string of the molecule is CC(CC1CC1)NC(=O)c1cc(S(=O)(=O)Cl)c(Br)o1. The van der Waals surface area contributed by atoms with Crippen LogP contribution in [0.2, 0.25) is 0 Å². The maximum absolute atomic E-state index is 11.9. The number of nitrogens with one attached hydrogen (secondary N) is 1. The van der Waals surface area contributed by atoms with Crippen molar-refractivity contribution in [1.29, 1.82) is 0 Å². The van der Waals surface area contributed by atoms with Gasteiger partial charge in [-0.25, -0.2) is 8.42 Å². The second-order valence-electron chi connectivity index (χ2n) is 4.74. The summed E-state index contributed by atoms with van der Waals surface area (Å²) in [6.45, 7) is 1.91. The highest BCUT2D eigenvalue weighted by molar-refractivity contribution is 9.10. The van der Waals surface area contributed by atoms with Gasteiger partial charge in [-0.3, -0.25) is 4.79 Å². The molecule has 1 aliphatic rings. The Morgan fingerprint density at radius 3 is 2.74 bits per heavy atom. The Morgan fingerprint density at radius 2 is 2.26 bits per heavy atom. The predicted molar refractivity (Wildman–Crippen MR) is 73.7 cm³/mol. The van der Waals surface area contributed by atoms with E-state index in [0.29, 0.717) is 5.92 Å². The van der Waals surface area contributed by atoms with Crippen LogP contribution in [0.4, 0.5) is 0 Å². The number of carbonyl (C=O) groups excluding carboxylic acids is 1. The zero-order valence-electron chi connectivity index (χ0n) is 10.2. The molecule has 1 amide bonds. The van der Waals surface area contributed by atoms with Crippen LogP contribution in [0.1, 0.15) is 36.7 Å². The van der Waals surface area contributed by atoms with Gasteiger partial charge in [0.25, 0.3) is 15.0 Å². The van der Waals surface area contributed by atoms with Crippen molar-refractivity contribution < 1.29 is 17.6 Å². The maximum Gasteiger partial charge on any atom is 0.287 e. The van der Waals surface area contributed by atoms with E-state index in [9.17, 15) is 13.2 Å². The lowest BCUT2D eigenvalue weighted by Gasteiger charge is -2.11. The van der Waals surface area contributed by atoms with Gasteiger partial charge in [0.15, 0.2) is 10.4 Å². The molecule has 19 heavy (non-hydrogen) atoms. The number of furan rings is 1. The first-order valence-electron chi connectivity index (χ1n) is 5.82. The van der Waals surface area contributed by atoms with Gasteiger partial charge in [-0.1, -0.05) is 12.8 Å². The highest BCUT2D eigenvalue weighted by Crippen LogP contribution is 2.33. The summed E-state index contributed by atoms with van der Waals surface area (Å²) in [5.74, 6) is 0.173. The molecule has 5 nitrogen and oxygen atoms in total. The Hall–Kier alpha value is -0.530. The summed E-state index contributed by atoms with van der Waals surface area (Å²) in [7, 11) is 1.28. The van der Waals surface area contributed by atoms with Crippen molar-refractivity contribution in [3.8, 4) is 0 Å². The Morgan fingerprint density at radius 1 is 1.63 bits per heavy atom. The highest BCUT2D eigenvalue weighted by atomic mass is 79.9. The van der Waals surface area contributed by atoms with Gasteiger partial charge in [0.1, 0.15) is 4.90 Å². The van der Waals surface area contributed by atoms with Crippen molar-refractivity contribution >= 4 is 41.6 Å². The minimum absolute atomic E-state index is 0.0277. The molecule has 1 atom stereocenters. The molecule has 1 fully saturated rings. The van der Waals surface area contributed by atoms with Crippen LogP contribution < -0.4 is 5.32 Å². The largest absolute Gasteiger partial charge is 0.443 e. The monoisotopic (exact) mass is 369 g/mol. The third-order valence-electron chi connectivity index (χ3n) is 2.90. The minimum Gasteiger partial charge on any atom is -0.443 e. The second kappa shape index (κ2) is 5.46. The molecule has 1 N–H and O–H groups in total. The summed E-state index contributed by atoms with van der Waals surface area (Å²) in [5, 5.41) is 2.77. The van der Waals surface area contributed by atoms with Gasteiger partial charge in [-0.15, -0.1) is 0 Å². The molecule has 106 valence electrons. The van der Waals surface area contributed by atoms with E-state index in [1.54, 1.807) is 0 Å². The molecular formula is C11H13BrClNO4S. The zero-order valence-corrected chi connectivity index (χ0v) is 13.3. The summed E-state index contributed by atoms with van der Waals surface area (Å²) in [5.41, 5.74) is 0. The molecule has 0 saturated heterocycles. The summed E-state index contributed by atoms with van der Waals surface area (Å²) >= 11 is 2.93. The minimum atomic E-state index is -3.93. The van der Waals surface area contributed by atoms with Gasteiger partial charge in [0.05, 0.1) is 0 Å². The predicted octanol–water partition coefficient (Wildman–Crippen LogP) is 2.89. The molecule has 1 aromatic rings. The van der Waals surface area contributed by atoms with Crippen LogP contribution in [0.25, 0.3) is 0 Å². The van der Waals surface area contributed by atoms with Crippen molar-refractivity contribution in [3.05, 3.63) is 16.5 Å². The molecule has 1 aromatic heterocycles. The number of amides is 1. The fraction of sp³-hybridized carbons (Fsp3) is 0.545. The van der Waals surface area contributed by atoms with Crippen molar-refractivity contribution in [3.63, 3.8) is 0 Å². The van der Waals surface area contributed by atoms with E-state index in [0.717, 1.165) is 12.5 Å². The van der Waals surface area contributed by atoms with E-state index < -0.39 is 15.0 Å². The van der Waals surface area contributed by atoms with Gasteiger partial charge in [0, 0.05) is 22.8 Å². The van der Waals surface area contributed by atoms with Crippen LogP contribution in [0.15, 0.2) is 20.0 Å². The first kappa shape index (κ1) is 14.9. The molecule has 0 aliphatic heterocycles. The molecule has 1 saturated carbocycles. The van der Waals surface area contributed by atoms with Crippen molar-refractivity contribution in [2.75, 3.05) is 0 Å². The number of hydrogen-bond acceptors (Lipinski definition) is 4. The third-order valence-corrected chi connectivity index (χ3v) is 5.08. The first-order chi connectivity index (χ1) is 8.77. The van der Waals surface area contributed by atoms with Crippen molar-refractivity contribution in [1.82, 2.24) is 5.32 Å². The molecule has 0 spiro atoms. The molecule has 0 radical (unpaired) electrons. The van der Waals surface area contributed by atoms with Crippen LogP contribution in [0.3, 0.4) is 0 Å². The maximum atomic E-state index is 11.9. The highest BCUT2D eigenvalue weighted by Gasteiger charge is 2.26. The fourth-order valence-corrected chi connectivity index (χ4v) is 3.87.